The van der Waals surface area contributed by atoms with Crippen LogP contribution in [0.2, 0.25) is 10.0 Å². The van der Waals surface area contributed by atoms with Crippen molar-refractivity contribution in [2.45, 2.75) is 6.54 Å². The Morgan fingerprint density at radius 3 is 2.87 bits per heavy atom. The van der Waals surface area contributed by atoms with Crippen LogP contribution in [-0.4, -0.2) is 32.4 Å². The largest absolute Gasteiger partial charge is 0.387 e. The van der Waals surface area contributed by atoms with Crippen molar-refractivity contribution in [3.05, 3.63) is 40.3 Å². The van der Waals surface area contributed by atoms with Gasteiger partial charge < -0.3 is 15.0 Å². The Labute approximate surface area is 142 Å². The second-order valence-corrected chi connectivity index (χ2v) is 5.85. The summed E-state index contributed by atoms with van der Waals surface area (Å²) in [5.74, 6) is -0.447. The fourth-order valence-electron chi connectivity index (χ4n) is 2.68. The van der Waals surface area contributed by atoms with Gasteiger partial charge in [-0.1, -0.05) is 29.3 Å². The van der Waals surface area contributed by atoms with E-state index in [4.69, 9.17) is 28.3 Å². The fraction of sp³-hybridized carbons (Fsp3) is 0.200. The van der Waals surface area contributed by atoms with Crippen LogP contribution in [0, 0.1) is 0 Å². The lowest BCUT2D eigenvalue weighted by molar-refractivity contribution is -0.124. The van der Waals surface area contributed by atoms with Crippen LogP contribution < -0.4 is 5.32 Å². The van der Waals surface area contributed by atoms with Gasteiger partial charge in [0, 0.05) is 35.5 Å². The van der Waals surface area contributed by atoms with Gasteiger partial charge in [-0.25, -0.2) is 0 Å². The van der Waals surface area contributed by atoms with Crippen molar-refractivity contribution in [2.75, 3.05) is 6.61 Å². The molecule has 0 saturated carbocycles. The molecule has 120 valence electrons. The summed E-state index contributed by atoms with van der Waals surface area (Å²) < 4.78 is 1.89. The van der Waals surface area contributed by atoms with Crippen LogP contribution in [0.1, 0.15) is 5.69 Å². The standard InChI is InChI=1S/C15H14Cl2N4O2/c1-21-11(6-18-12(23)7-22)13(8-4-19-20-5-8)9-2-3-10(16)14(17)15(9)21/h2-5,22H,6-7H2,1H3,(H,18,23)(H,19,20). The van der Waals surface area contributed by atoms with E-state index in [-0.39, 0.29) is 6.54 Å². The van der Waals surface area contributed by atoms with Gasteiger partial charge in [0.2, 0.25) is 5.91 Å². The Kier molecular flexibility index (Phi) is 4.30. The summed E-state index contributed by atoms with van der Waals surface area (Å²) in [6.07, 6.45) is 3.48. The van der Waals surface area contributed by atoms with Crippen molar-refractivity contribution in [3.63, 3.8) is 0 Å². The number of nitrogens with zero attached hydrogens (tertiary/aromatic N) is 2. The van der Waals surface area contributed by atoms with E-state index in [1.54, 1.807) is 18.5 Å². The summed E-state index contributed by atoms with van der Waals surface area (Å²) in [5, 5.41) is 20.2. The number of aliphatic hydroxyl groups is 1. The minimum atomic E-state index is -0.558. The Balaban J connectivity index is 2.24. The van der Waals surface area contributed by atoms with E-state index >= 15 is 0 Å². The molecule has 23 heavy (non-hydrogen) atoms. The number of carbonyl (C=O) groups is 1. The first-order chi connectivity index (χ1) is 11.0. The molecule has 8 heteroatoms. The Morgan fingerprint density at radius 1 is 1.43 bits per heavy atom. The van der Waals surface area contributed by atoms with Gasteiger partial charge >= 0.3 is 0 Å². The highest BCUT2D eigenvalue weighted by molar-refractivity contribution is 6.45. The molecule has 0 aliphatic carbocycles. The van der Waals surface area contributed by atoms with Crippen LogP contribution in [0.5, 0.6) is 0 Å². The van der Waals surface area contributed by atoms with Crippen LogP contribution in [0.4, 0.5) is 0 Å². The van der Waals surface area contributed by atoms with Crippen LogP contribution in [0.15, 0.2) is 24.5 Å². The summed E-state index contributed by atoms with van der Waals surface area (Å²) in [7, 11) is 1.86. The van der Waals surface area contributed by atoms with Gasteiger partial charge in [-0.2, -0.15) is 5.10 Å². The highest BCUT2D eigenvalue weighted by atomic mass is 35.5. The number of aryl methyl sites for hydroxylation is 1. The zero-order chi connectivity index (χ0) is 16.6. The highest BCUT2D eigenvalue weighted by Gasteiger charge is 2.20. The molecule has 0 bridgehead atoms. The number of fused-ring (bicyclic) bond motifs is 1. The Bertz CT molecular complexity index is 872. The molecule has 0 atom stereocenters. The minimum absolute atomic E-state index is 0.249. The summed E-state index contributed by atoms with van der Waals surface area (Å²) in [5.41, 5.74) is 3.41. The van der Waals surface area contributed by atoms with Crippen LogP contribution >= 0.6 is 23.2 Å². The first-order valence-electron chi connectivity index (χ1n) is 6.86. The van der Waals surface area contributed by atoms with Crippen LogP contribution in [0.25, 0.3) is 22.0 Å². The predicted molar refractivity (Wildman–Crippen MR) is 89.5 cm³/mol. The fourth-order valence-corrected chi connectivity index (χ4v) is 3.13. The van der Waals surface area contributed by atoms with E-state index in [0.717, 1.165) is 27.7 Å². The first-order valence-corrected chi connectivity index (χ1v) is 7.62. The lowest BCUT2D eigenvalue weighted by atomic mass is 10.1. The maximum absolute atomic E-state index is 11.4. The monoisotopic (exact) mass is 352 g/mol. The molecule has 0 fully saturated rings. The van der Waals surface area contributed by atoms with Gasteiger partial charge in [-0.15, -0.1) is 0 Å². The average Bonchev–Trinajstić information content (AvgIpc) is 3.15. The molecule has 6 nitrogen and oxygen atoms in total. The molecular weight excluding hydrogens is 339 g/mol. The van der Waals surface area contributed by atoms with Crippen molar-refractivity contribution in [3.8, 4) is 11.1 Å². The number of rotatable bonds is 4. The molecule has 0 unspecified atom stereocenters. The quantitative estimate of drug-likeness (QED) is 0.674. The molecule has 1 aromatic carbocycles. The minimum Gasteiger partial charge on any atom is -0.387 e. The van der Waals surface area contributed by atoms with Gasteiger partial charge in [0.1, 0.15) is 6.61 Å². The van der Waals surface area contributed by atoms with Crippen LogP contribution in [0.3, 0.4) is 0 Å². The third kappa shape index (κ3) is 2.69. The zero-order valence-corrected chi connectivity index (χ0v) is 13.7. The number of benzene rings is 1. The molecule has 2 heterocycles. The number of halogens is 2. The van der Waals surface area contributed by atoms with Crippen molar-refractivity contribution < 1.29 is 9.90 Å². The lowest BCUT2D eigenvalue weighted by Gasteiger charge is -2.08. The van der Waals surface area contributed by atoms with Crippen molar-refractivity contribution in [2.24, 2.45) is 7.05 Å². The molecule has 3 aromatic rings. The molecule has 3 rings (SSSR count). The smallest absolute Gasteiger partial charge is 0.246 e. The number of H-pyrrole nitrogens is 1. The number of carbonyl (C=O) groups excluding carboxylic acids is 1. The maximum Gasteiger partial charge on any atom is 0.246 e. The summed E-state index contributed by atoms with van der Waals surface area (Å²) >= 11 is 12.5. The molecular formula is C15H14Cl2N4O2. The number of amides is 1. The molecule has 1 amide bonds. The van der Waals surface area contributed by atoms with Gasteiger partial charge in [-0.05, 0) is 6.07 Å². The Hall–Kier alpha value is -2.02. The summed E-state index contributed by atoms with van der Waals surface area (Å²) in [4.78, 5) is 11.4. The lowest BCUT2D eigenvalue weighted by Crippen LogP contribution is -2.26. The third-order valence-electron chi connectivity index (χ3n) is 3.75. The van der Waals surface area contributed by atoms with Crippen LogP contribution in [-0.2, 0) is 18.4 Å². The maximum atomic E-state index is 11.4. The van der Waals surface area contributed by atoms with Gasteiger partial charge in [0.25, 0.3) is 0 Å². The molecule has 0 aliphatic heterocycles. The third-order valence-corrected chi connectivity index (χ3v) is 4.55. The molecule has 2 aromatic heterocycles. The number of nitrogens with one attached hydrogen (secondary N) is 2. The van der Waals surface area contributed by atoms with E-state index in [1.807, 2.05) is 17.7 Å². The van der Waals surface area contributed by atoms with Crippen molar-refractivity contribution in [1.82, 2.24) is 20.1 Å². The number of aromatic nitrogens is 3. The predicted octanol–water partition coefficient (Wildman–Crippen LogP) is 2.48. The highest BCUT2D eigenvalue weighted by Crippen LogP contribution is 2.39. The number of aromatic amines is 1. The van der Waals surface area contributed by atoms with E-state index < -0.39 is 12.5 Å². The SMILES string of the molecule is Cn1c(CNC(=O)CO)c(-c2cn[nH]c2)c2ccc(Cl)c(Cl)c21. The van der Waals surface area contributed by atoms with E-state index in [2.05, 4.69) is 15.5 Å². The number of hydrogen-bond acceptors (Lipinski definition) is 3. The average molecular weight is 353 g/mol. The number of hydrogen-bond donors (Lipinski definition) is 3. The topological polar surface area (TPSA) is 82.9 Å². The van der Waals surface area contributed by atoms with Gasteiger partial charge in [0.05, 0.1) is 28.3 Å². The first kappa shape index (κ1) is 15.9. The van der Waals surface area contributed by atoms with Gasteiger partial charge in [0.15, 0.2) is 0 Å². The van der Waals surface area contributed by atoms with E-state index in [0.29, 0.717) is 10.0 Å². The zero-order valence-electron chi connectivity index (χ0n) is 12.2. The summed E-state index contributed by atoms with van der Waals surface area (Å²) in [6, 6.07) is 3.63. The molecule has 0 saturated heterocycles. The second-order valence-electron chi connectivity index (χ2n) is 5.06. The number of aliphatic hydroxyl groups excluding tert-OH is 1. The molecule has 3 N–H and O–H groups in total. The molecule has 0 aliphatic rings. The molecule has 0 radical (unpaired) electrons. The molecule has 0 spiro atoms. The van der Waals surface area contributed by atoms with E-state index in [1.165, 1.54) is 0 Å². The summed E-state index contributed by atoms with van der Waals surface area (Å²) in [6.45, 7) is -0.309. The van der Waals surface area contributed by atoms with Crippen molar-refractivity contribution in [1.29, 1.82) is 0 Å². The normalized spacial score (nSPS) is 11.1. The van der Waals surface area contributed by atoms with Gasteiger partial charge in [-0.3, -0.25) is 9.89 Å². The van der Waals surface area contributed by atoms with E-state index in [9.17, 15) is 4.79 Å². The van der Waals surface area contributed by atoms with Crippen molar-refractivity contribution >= 4 is 40.0 Å². The second kappa shape index (κ2) is 6.23. The Morgan fingerprint density at radius 2 is 2.22 bits per heavy atom.